The molecule has 0 aromatic heterocycles. The molecule has 3 nitrogen and oxygen atoms in total. The molecule has 0 saturated carbocycles. The molecule has 3 rings (SSSR count). The highest BCUT2D eigenvalue weighted by Gasteiger charge is 2.48. The third-order valence-electron chi connectivity index (χ3n) is 5.90. The fourth-order valence-electron chi connectivity index (χ4n) is 4.34. The molecule has 0 fully saturated rings. The van der Waals surface area contributed by atoms with Crippen molar-refractivity contribution in [2.75, 3.05) is 5.75 Å². The molecule has 0 aliphatic carbocycles. The van der Waals surface area contributed by atoms with Crippen molar-refractivity contribution in [3.63, 3.8) is 0 Å². The normalized spacial score (nSPS) is 27.5. The molecule has 1 heterocycles. The quantitative estimate of drug-likeness (QED) is 0.837. The number of hydrogen-bond donors (Lipinski definition) is 1. The van der Waals surface area contributed by atoms with E-state index in [1.807, 2.05) is 49.4 Å². The fraction of sp³-hybridized carbons (Fsp3) is 0.455. The van der Waals surface area contributed by atoms with Crippen LogP contribution in [0.15, 0.2) is 59.5 Å². The molecular weight excluding hydrogens is 344 g/mol. The lowest BCUT2D eigenvalue weighted by atomic mass is 9.69. The summed E-state index contributed by atoms with van der Waals surface area (Å²) in [5.74, 6) is -0.320. The van der Waals surface area contributed by atoms with Crippen molar-refractivity contribution in [1.82, 2.24) is 0 Å². The fourth-order valence-corrected chi connectivity index (χ4v) is 6.62. The predicted molar refractivity (Wildman–Crippen MR) is 105 cm³/mol. The van der Waals surface area contributed by atoms with E-state index in [2.05, 4.69) is 6.92 Å². The molecule has 1 aliphatic rings. The summed E-state index contributed by atoms with van der Waals surface area (Å²) >= 11 is 0. The second-order valence-corrected chi connectivity index (χ2v) is 9.41. The monoisotopic (exact) mass is 372 g/mol. The zero-order valence-electron chi connectivity index (χ0n) is 15.6. The Morgan fingerprint density at radius 2 is 1.69 bits per heavy atom. The third-order valence-corrected chi connectivity index (χ3v) is 7.90. The highest BCUT2D eigenvalue weighted by Crippen LogP contribution is 2.48. The van der Waals surface area contributed by atoms with E-state index in [1.165, 1.54) is 0 Å². The predicted octanol–water partition coefficient (Wildman–Crippen LogP) is 4.55. The maximum Gasteiger partial charge on any atom is 0.179 e. The lowest BCUT2D eigenvalue weighted by molar-refractivity contribution is 0.0174. The number of unbranched alkanes of at least 4 members (excludes halogenated alkanes) is 1. The Kier molecular flexibility index (Phi) is 5.54. The van der Waals surface area contributed by atoms with Crippen molar-refractivity contribution in [2.24, 2.45) is 5.41 Å². The number of rotatable bonds is 5. The van der Waals surface area contributed by atoms with Crippen molar-refractivity contribution < 1.29 is 13.5 Å². The van der Waals surface area contributed by atoms with Gasteiger partial charge in [0.2, 0.25) is 0 Å². The van der Waals surface area contributed by atoms with Crippen molar-refractivity contribution in [3.05, 3.63) is 65.7 Å². The van der Waals surface area contributed by atoms with Gasteiger partial charge < -0.3 is 5.11 Å². The van der Waals surface area contributed by atoms with Crippen LogP contribution >= 0.6 is 0 Å². The summed E-state index contributed by atoms with van der Waals surface area (Å²) in [7, 11) is -3.46. The Morgan fingerprint density at radius 1 is 1.04 bits per heavy atom. The summed E-state index contributed by atoms with van der Waals surface area (Å²) in [6.07, 6.45) is 2.53. The van der Waals surface area contributed by atoms with Gasteiger partial charge in [-0.25, -0.2) is 8.42 Å². The summed E-state index contributed by atoms with van der Waals surface area (Å²) in [5, 5.41) is 11.6. The zero-order valence-corrected chi connectivity index (χ0v) is 16.4. The third kappa shape index (κ3) is 3.33. The van der Waals surface area contributed by atoms with Crippen LogP contribution in [0.3, 0.4) is 0 Å². The van der Waals surface area contributed by atoms with Crippen LogP contribution in [-0.2, 0) is 9.84 Å². The van der Waals surface area contributed by atoms with E-state index < -0.39 is 21.4 Å². The number of hydrogen-bond acceptors (Lipinski definition) is 3. The molecule has 4 heteroatoms. The van der Waals surface area contributed by atoms with E-state index in [0.717, 1.165) is 30.4 Å². The first kappa shape index (κ1) is 19.1. The molecule has 1 N–H and O–H groups in total. The molecule has 1 aliphatic heterocycles. The minimum Gasteiger partial charge on any atom is -0.392 e. The Labute approximate surface area is 157 Å². The van der Waals surface area contributed by atoms with Gasteiger partial charge in [0.15, 0.2) is 9.84 Å². The first-order chi connectivity index (χ1) is 12.4. The van der Waals surface area contributed by atoms with Gasteiger partial charge in [-0.15, -0.1) is 0 Å². The van der Waals surface area contributed by atoms with Gasteiger partial charge in [-0.2, -0.15) is 0 Å². The van der Waals surface area contributed by atoms with E-state index >= 15 is 0 Å². The molecule has 0 amide bonds. The van der Waals surface area contributed by atoms with Crippen LogP contribution in [0.25, 0.3) is 0 Å². The molecule has 1 unspecified atom stereocenters. The number of aliphatic hydroxyl groups excluding tert-OH is 1. The van der Waals surface area contributed by atoms with Crippen molar-refractivity contribution in [1.29, 1.82) is 0 Å². The van der Waals surface area contributed by atoms with Gasteiger partial charge in [0.05, 0.1) is 16.8 Å². The van der Waals surface area contributed by atoms with Crippen molar-refractivity contribution >= 4 is 9.84 Å². The number of fused-ring (bicyclic) bond motifs is 1. The average Bonchev–Trinajstić information content (AvgIpc) is 2.73. The van der Waals surface area contributed by atoms with Gasteiger partial charge in [-0.05, 0) is 30.0 Å². The molecule has 140 valence electrons. The molecule has 0 bridgehead atoms. The summed E-state index contributed by atoms with van der Waals surface area (Å²) in [6, 6.07) is 17.0. The molecule has 3 atom stereocenters. The molecule has 0 saturated heterocycles. The van der Waals surface area contributed by atoms with Gasteiger partial charge in [0, 0.05) is 11.3 Å². The number of benzene rings is 2. The van der Waals surface area contributed by atoms with Crippen LogP contribution in [0, 0.1) is 5.41 Å². The Morgan fingerprint density at radius 3 is 2.35 bits per heavy atom. The van der Waals surface area contributed by atoms with Crippen LogP contribution in [0.2, 0.25) is 0 Å². The maximum absolute atomic E-state index is 13.2. The van der Waals surface area contributed by atoms with E-state index in [0.29, 0.717) is 11.3 Å². The largest absolute Gasteiger partial charge is 0.392 e. The minimum atomic E-state index is -3.46. The highest BCUT2D eigenvalue weighted by atomic mass is 32.2. The van der Waals surface area contributed by atoms with Crippen LogP contribution in [0.5, 0.6) is 0 Å². The summed E-state index contributed by atoms with van der Waals surface area (Å²) in [6.45, 7) is 4.11. The second kappa shape index (κ2) is 7.53. The smallest absolute Gasteiger partial charge is 0.179 e. The standard InChI is InChI=1S/C22H28O3S/c1-3-5-15-22(4-2)16-26(24,25)19-14-10-9-13-18(19)20(21(22)23)17-11-7-6-8-12-17/h6-14,20-21,23H,3-5,15-16H2,1-2H3/t20-,21+,22?/m1/s1. The highest BCUT2D eigenvalue weighted by molar-refractivity contribution is 7.91. The Balaban J connectivity index is 2.25. The van der Waals surface area contributed by atoms with Gasteiger partial charge in [-0.1, -0.05) is 75.2 Å². The number of sulfone groups is 1. The molecule has 2 aromatic rings. The Bertz CT molecular complexity index is 845. The summed E-state index contributed by atoms with van der Waals surface area (Å²) in [4.78, 5) is 0.375. The minimum absolute atomic E-state index is 0.0119. The average molecular weight is 373 g/mol. The Hall–Kier alpha value is -1.65. The summed E-state index contributed by atoms with van der Waals surface area (Å²) in [5.41, 5.74) is 1.06. The summed E-state index contributed by atoms with van der Waals surface area (Å²) < 4.78 is 26.5. The molecule has 2 aromatic carbocycles. The molecular formula is C22H28O3S. The maximum atomic E-state index is 13.2. The van der Waals surface area contributed by atoms with Crippen molar-refractivity contribution in [3.8, 4) is 0 Å². The lowest BCUT2D eigenvalue weighted by Crippen LogP contribution is -2.42. The van der Waals surface area contributed by atoms with Crippen LogP contribution in [0.4, 0.5) is 0 Å². The van der Waals surface area contributed by atoms with E-state index in [-0.39, 0.29) is 11.7 Å². The van der Waals surface area contributed by atoms with E-state index in [9.17, 15) is 13.5 Å². The van der Waals surface area contributed by atoms with Crippen LogP contribution < -0.4 is 0 Å². The molecule has 26 heavy (non-hydrogen) atoms. The number of aliphatic hydroxyl groups is 1. The van der Waals surface area contributed by atoms with Crippen LogP contribution in [0.1, 0.15) is 56.6 Å². The van der Waals surface area contributed by atoms with Gasteiger partial charge in [0.1, 0.15) is 0 Å². The van der Waals surface area contributed by atoms with Crippen LogP contribution in [-0.4, -0.2) is 25.4 Å². The van der Waals surface area contributed by atoms with E-state index in [4.69, 9.17) is 0 Å². The zero-order chi connectivity index (χ0) is 18.8. The topological polar surface area (TPSA) is 54.4 Å². The molecule has 0 spiro atoms. The SMILES string of the molecule is CCCCC1(CC)CS(=O)(=O)c2ccccc2[C@@H](c2ccccc2)[C@@H]1O. The van der Waals surface area contributed by atoms with Gasteiger partial charge in [0.25, 0.3) is 0 Å². The van der Waals surface area contributed by atoms with Gasteiger partial charge in [-0.3, -0.25) is 0 Å². The van der Waals surface area contributed by atoms with Gasteiger partial charge >= 0.3 is 0 Å². The first-order valence-corrected chi connectivity index (χ1v) is 11.1. The van der Waals surface area contributed by atoms with Crippen molar-refractivity contribution in [2.45, 2.75) is 56.4 Å². The van der Waals surface area contributed by atoms with E-state index in [1.54, 1.807) is 12.1 Å². The lowest BCUT2D eigenvalue weighted by Gasteiger charge is -2.39. The first-order valence-electron chi connectivity index (χ1n) is 9.50. The second-order valence-electron chi connectivity index (χ2n) is 7.45. The molecule has 0 radical (unpaired) electrons.